The number of rotatable bonds is 3. The number of carboxylic acids is 1. The molecule has 0 aliphatic carbocycles. The average molecular weight is 245 g/mol. The van der Waals surface area contributed by atoms with Gasteiger partial charge in [-0.15, -0.1) is 0 Å². The number of quaternary nitrogens is 1. The molecule has 0 aromatic carbocycles. The van der Waals surface area contributed by atoms with Gasteiger partial charge in [0.05, 0.1) is 21.1 Å². The lowest BCUT2D eigenvalue weighted by Gasteiger charge is -2.38. The minimum atomic E-state index is -0.753. The first-order valence-corrected chi connectivity index (χ1v) is 6.12. The van der Waals surface area contributed by atoms with E-state index in [9.17, 15) is 9.90 Å². The van der Waals surface area contributed by atoms with Gasteiger partial charge in [0.2, 0.25) is 6.17 Å². The van der Waals surface area contributed by atoms with Gasteiger partial charge in [0.25, 0.3) is 0 Å². The van der Waals surface area contributed by atoms with Crippen molar-refractivity contribution in [3.8, 4) is 0 Å². The monoisotopic (exact) mass is 245 g/mol. The van der Waals surface area contributed by atoms with Gasteiger partial charge in [0.1, 0.15) is 0 Å². The molecule has 1 saturated heterocycles. The highest BCUT2D eigenvalue weighted by Gasteiger charge is 2.36. The molecule has 6 nitrogen and oxygen atoms in total. The zero-order valence-electron chi connectivity index (χ0n) is 11.1. The van der Waals surface area contributed by atoms with Gasteiger partial charge in [-0.25, -0.2) is 9.69 Å². The molecule has 0 saturated carbocycles. The fraction of sp³-hybridized carbons (Fsp3) is 0.909. The Morgan fingerprint density at radius 3 is 1.94 bits per heavy atom. The van der Waals surface area contributed by atoms with Crippen LogP contribution in [0.5, 0.6) is 0 Å². The van der Waals surface area contributed by atoms with Crippen molar-refractivity contribution in [1.29, 1.82) is 0 Å². The first-order valence-electron chi connectivity index (χ1n) is 6.12. The van der Waals surface area contributed by atoms with Gasteiger partial charge in [-0.2, -0.15) is 0 Å². The summed E-state index contributed by atoms with van der Waals surface area (Å²) in [6.07, 6.45) is -0.489. The molecule has 1 unspecified atom stereocenters. The van der Waals surface area contributed by atoms with Crippen molar-refractivity contribution in [2.75, 3.05) is 60.4 Å². The Morgan fingerprint density at radius 1 is 1.12 bits per heavy atom. The number of nitrogens with one attached hydrogen (secondary N) is 2. The number of hydrogen-bond donors (Lipinski definition) is 3. The molecule has 1 rings (SSSR count). The molecule has 0 radical (unpaired) electrons. The summed E-state index contributed by atoms with van der Waals surface area (Å²) in [7, 11) is 5.77. The lowest BCUT2D eigenvalue weighted by atomic mass is 10.3. The molecule has 1 aliphatic heterocycles. The van der Waals surface area contributed by atoms with Crippen LogP contribution in [-0.2, 0) is 4.79 Å². The van der Waals surface area contributed by atoms with E-state index in [1.54, 1.807) is 0 Å². The number of carboxylic acid groups (broad SMARTS) is 1. The maximum Gasteiger partial charge on any atom is 0.379 e. The van der Waals surface area contributed by atoms with Crippen molar-refractivity contribution in [2.45, 2.75) is 6.17 Å². The van der Waals surface area contributed by atoms with E-state index in [4.69, 9.17) is 0 Å². The summed E-state index contributed by atoms with van der Waals surface area (Å²) in [6.45, 7) is 5.10. The number of likely N-dealkylation sites (N-methyl/N-ethyl adjacent to an activating group) is 1. The quantitative estimate of drug-likeness (QED) is 0.534. The third kappa shape index (κ3) is 4.59. The maximum absolute atomic E-state index is 11.4. The Hall–Kier alpha value is -0.690. The van der Waals surface area contributed by atoms with Gasteiger partial charge in [0.15, 0.2) is 0 Å². The second kappa shape index (κ2) is 6.30. The number of aliphatic carboxylic acids is 1. The molecule has 17 heavy (non-hydrogen) atoms. The van der Waals surface area contributed by atoms with Crippen molar-refractivity contribution in [1.82, 2.24) is 15.5 Å². The second-order valence-corrected chi connectivity index (χ2v) is 5.36. The molecule has 1 atom stereocenters. The summed E-state index contributed by atoms with van der Waals surface area (Å²) in [5.41, 5.74) is 0. The van der Waals surface area contributed by atoms with Gasteiger partial charge >= 0.3 is 5.97 Å². The van der Waals surface area contributed by atoms with Crippen LogP contribution < -0.4 is 10.6 Å². The molecule has 3 N–H and O–H groups in total. The van der Waals surface area contributed by atoms with Gasteiger partial charge in [-0.3, -0.25) is 0 Å². The largest absolute Gasteiger partial charge is 0.476 e. The molecule has 6 heteroatoms. The van der Waals surface area contributed by atoms with Crippen molar-refractivity contribution < 1.29 is 14.4 Å². The highest BCUT2D eigenvalue weighted by Crippen LogP contribution is 2.09. The van der Waals surface area contributed by atoms with Crippen LogP contribution in [0.2, 0.25) is 0 Å². The molecule has 0 aromatic heterocycles. The third-order valence-corrected chi connectivity index (χ3v) is 2.93. The molecule has 1 fully saturated rings. The Morgan fingerprint density at radius 2 is 1.59 bits per heavy atom. The van der Waals surface area contributed by atoms with Crippen LogP contribution in [-0.4, -0.2) is 87.0 Å². The van der Waals surface area contributed by atoms with Crippen LogP contribution in [0, 0.1) is 0 Å². The fourth-order valence-corrected chi connectivity index (χ4v) is 2.21. The van der Waals surface area contributed by atoms with E-state index in [0.717, 1.165) is 39.3 Å². The Labute approximate surface area is 103 Å². The van der Waals surface area contributed by atoms with Crippen LogP contribution in [0.3, 0.4) is 0 Å². The molecule has 1 heterocycles. The van der Waals surface area contributed by atoms with E-state index < -0.39 is 12.1 Å². The number of hydrogen-bond acceptors (Lipinski definition) is 4. The van der Waals surface area contributed by atoms with Crippen LogP contribution in [0.4, 0.5) is 0 Å². The van der Waals surface area contributed by atoms with Crippen LogP contribution >= 0.6 is 0 Å². The van der Waals surface area contributed by atoms with E-state index in [1.807, 2.05) is 26.0 Å². The minimum absolute atomic E-state index is 0.412. The van der Waals surface area contributed by atoms with Crippen molar-refractivity contribution in [2.24, 2.45) is 0 Å². The molecule has 100 valence electrons. The molecular weight excluding hydrogens is 220 g/mol. The fourth-order valence-electron chi connectivity index (χ4n) is 2.21. The lowest BCUT2D eigenvalue weighted by Crippen LogP contribution is -2.61. The minimum Gasteiger partial charge on any atom is -0.476 e. The number of carbonyl (C=O) groups is 1. The zero-order valence-corrected chi connectivity index (χ0v) is 11.1. The van der Waals surface area contributed by atoms with Crippen molar-refractivity contribution in [3.63, 3.8) is 0 Å². The summed E-state index contributed by atoms with van der Waals surface area (Å²) in [6, 6.07) is 0. The normalized spacial score (nSPS) is 22.3. The average Bonchev–Trinajstić information content (AvgIpc) is 2.29. The Balaban J connectivity index is 2.72. The van der Waals surface area contributed by atoms with Gasteiger partial charge in [0, 0.05) is 39.3 Å². The van der Waals surface area contributed by atoms with Gasteiger partial charge in [-0.05, 0) is 0 Å². The van der Waals surface area contributed by atoms with Crippen LogP contribution in [0.15, 0.2) is 0 Å². The summed E-state index contributed by atoms with van der Waals surface area (Å²) in [5, 5.41) is 16.0. The van der Waals surface area contributed by atoms with Gasteiger partial charge in [-0.1, -0.05) is 0 Å². The second-order valence-electron chi connectivity index (χ2n) is 5.36. The summed E-state index contributed by atoms with van der Waals surface area (Å²) >= 11 is 0. The SMILES string of the molecule is C[N+](C)(C)C(C(=O)O)N1CCNCCNCC1. The van der Waals surface area contributed by atoms with E-state index in [0.29, 0.717) is 4.48 Å². The highest BCUT2D eigenvalue weighted by molar-refractivity contribution is 5.71. The molecule has 0 bridgehead atoms. The Bertz CT molecular complexity index is 242. The maximum atomic E-state index is 11.4. The molecule has 1 aliphatic rings. The lowest BCUT2D eigenvalue weighted by molar-refractivity contribution is -0.899. The standard InChI is InChI=1S/C11H24N4O2/c1-15(2,3)10(11(16)17)14-8-6-12-4-5-13-7-9-14/h10,12-13H,4-9H2,1-3H3/p+1. The number of nitrogens with zero attached hydrogens (tertiary/aromatic N) is 2. The summed E-state index contributed by atoms with van der Waals surface area (Å²) < 4.78 is 0.412. The third-order valence-electron chi connectivity index (χ3n) is 2.93. The predicted molar refractivity (Wildman–Crippen MR) is 66.8 cm³/mol. The van der Waals surface area contributed by atoms with E-state index in [2.05, 4.69) is 10.6 Å². The van der Waals surface area contributed by atoms with E-state index >= 15 is 0 Å². The summed E-state index contributed by atoms with van der Waals surface area (Å²) in [4.78, 5) is 13.5. The topological polar surface area (TPSA) is 64.6 Å². The molecular formula is C11H25N4O2+. The molecule has 0 aromatic rings. The summed E-state index contributed by atoms with van der Waals surface area (Å²) in [5.74, 6) is -0.753. The first kappa shape index (κ1) is 14.4. The van der Waals surface area contributed by atoms with Crippen molar-refractivity contribution in [3.05, 3.63) is 0 Å². The highest BCUT2D eigenvalue weighted by atomic mass is 16.4. The van der Waals surface area contributed by atoms with Crippen molar-refractivity contribution >= 4 is 5.97 Å². The van der Waals surface area contributed by atoms with E-state index in [-0.39, 0.29) is 0 Å². The first-order chi connectivity index (χ1) is 7.93. The van der Waals surface area contributed by atoms with E-state index in [1.165, 1.54) is 0 Å². The molecule has 0 amide bonds. The van der Waals surface area contributed by atoms with Crippen LogP contribution in [0.25, 0.3) is 0 Å². The molecule has 0 spiro atoms. The smallest absolute Gasteiger partial charge is 0.379 e. The predicted octanol–water partition coefficient (Wildman–Crippen LogP) is -1.40. The Kier molecular flexibility index (Phi) is 5.32. The van der Waals surface area contributed by atoms with Gasteiger partial charge < -0.3 is 20.2 Å². The van der Waals surface area contributed by atoms with Crippen LogP contribution in [0.1, 0.15) is 0 Å². The zero-order chi connectivity index (χ0) is 12.9.